The molecular weight excluding hydrogens is 322 g/mol. The molecule has 0 bridgehead atoms. The van der Waals surface area contributed by atoms with Gasteiger partial charge in [-0.3, -0.25) is 4.90 Å². The molecule has 0 saturated heterocycles. The van der Waals surface area contributed by atoms with E-state index >= 15 is 0 Å². The number of anilines is 1. The van der Waals surface area contributed by atoms with Gasteiger partial charge in [0.05, 0.1) is 4.90 Å². The van der Waals surface area contributed by atoms with E-state index in [0.717, 1.165) is 12.1 Å². The van der Waals surface area contributed by atoms with E-state index in [1.54, 1.807) is 12.1 Å². The maximum Gasteiger partial charge on any atom is 0.238 e. The molecule has 2 N–H and O–H groups in total. The van der Waals surface area contributed by atoms with Gasteiger partial charge < -0.3 is 4.90 Å². The van der Waals surface area contributed by atoms with Crippen molar-refractivity contribution in [1.82, 2.24) is 4.90 Å². The predicted molar refractivity (Wildman–Crippen MR) is 98.5 cm³/mol. The standard InChI is InChI=1S/C18H25N3O2S/c1-14(15-9-11-17(12-10-15)24(19,22)23)21(4)13-16-7-5-6-8-18(16)20(2)3/h5-12,14H,13H2,1-4H3,(H2,19,22,23). The molecule has 0 saturated carbocycles. The van der Waals surface area contributed by atoms with Crippen molar-refractivity contribution in [3.63, 3.8) is 0 Å². The van der Waals surface area contributed by atoms with E-state index in [9.17, 15) is 8.42 Å². The largest absolute Gasteiger partial charge is 0.377 e. The van der Waals surface area contributed by atoms with Gasteiger partial charge in [-0.15, -0.1) is 0 Å². The number of hydrogen-bond donors (Lipinski definition) is 1. The second-order valence-electron chi connectivity index (χ2n) is 6.23. The zero-order chi connectivity index (χ0) is 17.9. The van der Waals surface area contributed by atoms with Crippen LogP contribution in [0, 0.1) is 0 Å². The molecule has 1 atom stereocenters. The van der Waals surface area contributed by atoms with Gasteiger partial charge in [-0.2, -0.15) is 0 Å². The highest BCUT2D eigenvalue weighted by Gasteiger charge is 2.15. The van der Waals surface area contributed by atoms with Crippen LogP contribution in [-0.4, -0.2) is 34.5 Å². The quantitative estimate of drug-likeness (QED) is 0.872. The lowest BCUT2D eigenvalue weighted by Crippen LogP contribution is -2.23. The molecule has 0 heterocycles. The highest BCUT2D eigenvalue weighted by atomic mass is 32.2. The van der Waals surface area contributed by atoms with Crippen molar-refractivity contribution in [2.45, 2.75) is 24.4 Å². The first kappa shape index (κ1) is 18.4. The summed E-state index contributed by atoms with van der Waals surface area (Å²) in [5.74, 6) is 0. The average Bonchev–Trinajstić information content (AvgIpc) is 2.53. The highest BCUT2D eigenvalue weighted by Crippen LogP contribution is 2.25. The SMILES string of the molecule is CC(c1ccc(S(N)(=O)=O)cc1)N(C)Cc1ccccc1N(C)C. The lowest BCUT2D eigenvalue weighted by Gasteiger charge is -2.27. The molecule has 2 aromatic carbocycles. The van der Waals surface area contributed by atoms with Gasteiger partial charge in [0.15, 0.2) is 0 Å². The summed E-state index contributed by atoms with van der Waals surface area (Å²) in [6.07, 6.45) is 0. The summed E-state index contributed by atoms with van der Waals surface area (Å²) >= 11 is 0. The van der Waals surface area contributed by atoms with Crippen LogP contribution in [0.3, 0.4) is 0 Å². The maximum absolute atomic E-state index is 11.4. The van der Waals surface area contributed by atoms with E-state index < -0.39 is 10.0 Å². The van der Waals surface area contributed by atoms with Crippen LogP contribution in [0.1, 0.15) is 24.1 Å². The van der Waals surface area contributed by atoms with Gasteiger partial charge in [-0.05, 0) is 43.3 Å². The van der Waals surface area contributed by atoms with Crippen LogP contribution in [0.15, 0.2) is 53.4 Å². The number of rotatable bonds is 6. The molecule has 0 aliphatic heterocycles. The van der Waals surface area contributed by atoms with Crippen LogP contribution in [0.25, 0.3) is 0 Å². The van der Waals surface area contributed by atoms with Gasteiger partial charge in [0.2, 0.25) is 10.0 Å². The smallest absolute Gasteiger partial charge is 0.238 e. The Morgan fingerprint density at radius 2 is 1.58 bits per heavy atom. The summed E-state index contributed by atoms with van der Waals surface area (Å²) < 4.78 is 22.7. The Morgan fingerprint density at radius 3 is 2.12 bits per heavy atom. The fourth-order valence-corrected chi connectivity index (χ4v) is 3.19. The lowest BCUT2D eigenvalue weighted by atomic mass is 10.1. The number of para-hydroxylation sites is 1. The molecule has 0 aliphatic rings. The first-order valence-electron chi connectivity index (χ1n) is 7.78. The van der Waals surface area contributed by atoms with Crippen molar-refractivity contribution in [1.29, 1.82) is 0 Å². The van der Waals surface area contributed by atoms with Crippen LogP contribution in [0.5, 0.6) is 0 Å². The zero-order valence-corrected chi connectivity index (χ0v) is 15.4. The van der Waals surface area contributed by atoms with Crippen LogP contribution in [-0.2, 0) is 16.6 Å². The molecule has 2 rings (SSSR count). The molecule has 0 aliphatic carbocycles. The van der Waals surface area contributed by atoms with Gasteiger partial charge in [0.25, 0.3) is 0 Å². The highest BCUT2D eigenvalue weighted by molar-refractivity contribution is 7.89. The number of nitrogens with zero attached hydrogens (tertiary/aromatic N) is 2. The lowest BCUT2D eigenvalue weighted by molar-refractivity contribution is 0.253. The fourth-order valence-electron chi connectivity index (χ4n) is 2.68. The van der Waals surface area contributed by atoms with Gasteiger partial charge in [0.1, 0.15) is 0 Å². The van der Waals surface area contributed by atoms with Crippen molar-refractivity contribution in [2.75, 3.05) is 26.0 Å². The van der Waals surface area contributed by atoms with E-state index in [4.69, 9.17) is 5.14 Å². The minimum atomic E-state index is -3.65. The van der Waals surface area contributed by atoms with Gasteiger partial charge in [-0.1, -0.05) is 30.3 Å². The second kappa shape index (κ2) is 7.34. The van der Waals surface area contributed by atoms with Crippen LogP contribution < -0.4 is 10.0 Å². The number of benzene rings is 2. The normalized spacial score (nSPS) is 13.1. The number of nitrogens with two attached hydrogens (primary N) is 1. The Morgan fingerprint density at radius 1 is 1.00 bits per heavy atom. The van der Waals surface area contributed by atoms with Crippen molar-refractivity contribution in [3.8, 4) is 0 Å². The van der Waals surface area contributed by atoms with E-state index in [1.165, 1.54) is 11.3 Å². The molecule has 0 radical (unpaired) electrons. The summed E-state index contributed by atoms with van der Waals surface area (Å²) in [4.78, 5) is 4.47. The maximum atomic E-state index is 11.4. The van der Waals surface area contributed by atoms with E-state index in [1.807, 2.05) is 38.4 Å². The molecule has 0 aromatic heterocycles. The Kier molecular flexibility index (Phi) is 5.64. The van der Waals surface area contributed by atoms with Crippen molar-refractivity contribution < 1.29 is 8.42 Å². The molecule has 6 heteroatoms. The van der Waals surface area contributed by atoms with Gasteiger partial charge in [0, 0.05) is 32.4 Å². The number of hydrogen-bond acceptors (Lipinski definition) is 4. The number of primary sulfonamides is 1. The first-order valence-corrected chi connectivity index (χ1v) is 9.33. The molecule has 24 heavy (non-hydrogen) atoms. The van der Waals surface area contributed by atoms with Crippen molar-refractivity contribution in [2.24, 2.45) is 5.14 Å². The van der Waals surface area contributed by atoms with Crippen LogP contribution >= 0.6 is 0 Å². The summed E-state index contributed by atoms with van der Waals surface area (Å²) in [5, 5.41) is 5.15. The third kappa shape index (κ3) is 4.35. The molecule has 0 amide bonds. The van der Waals surface area contributed by atoms with E-state index in [-0.39, 0.29) is 10.9 Å². The minimum Gasteiger partial charge on any atom is -0.377 e. The van der Waals surface area contributed by atoms with E-state index in [2.05, 4.69) is 35.9 Å². The van der Waals surface area contributed by atoms with Gasteiger partial charge >= 0.3 is 0 Å². The first-order chi connectivity index (χ1) is 11.2. The average molecular weight is 347 g/mol. The molecule has 0 fully saturated rings. The van der Waals surface area contributed by atoms with Crippen molar-refractivity contribution >= 4 is 15.7 Å². The van der Waals surface area contributed by atoms with Crippen LogP contribution in [0.4, 0.5) is 5.69 Å². The summed E-state index contributed by atoms with van der Waals surface area (Å²) in [6.45, 7) is 2.90. The number of sulfonamides is 1. The third-order valence-electron chi connectivity index (χ3n) is 4.25. The molecule has 5 nitrogen and oxygen atoms in total. The second-order valence-corrected chi connectivity index (χ2v) is 7.79. The Labute approximate surface area is 144 Å². The molecular formula is C18H25N3O2S. The zero-order valence-electron chi connectivity index (χ0n) is 14.6. The minimum absolute atomic E-state index is 0.138. The summed E-state index contributed by atoms with van der Waals surface area (Å²) in [7, 11) is 2.48. The third-order valence-corrected chi connectivity index (χ3v) is 5.17. The molecule has 2 aromatic rings. The summed E-state index contributed by atoms with van der Waals surface area (Å²) in [5.41, 5.74) is 3.49. The Hall–Kier alpha value is -1.89. The van der Waals surface area contributed by atoms with Crippen LogP contribution in [0.2, 0.25) is 0 Å². The van der Waals surface area contributed by atoms with E-state index in [0.29, 0.717) is 0 Å². The molecule has 0 spiro atoms. The predicted octanol–water partition coefficient (Wildman–Crippen LogP) is 2.59. The van der Waals surface area contributed by atoms with Crippen molar-refractivity contribution in [3.05, 3.63) is 59.7 Å². The fraction of sp³-hybridized carbons (Fsp3) is 0.333. The summed E-state index contributed by atoms with van der Waals surface area (Å²) in [6, 6.07) is 15.2. The molecule has 1 unspecified atom stereocenters. The molecule has 130 valence electrons. The Bertz CT molecular complexity index is 786. The monoisotopic (exact) mass is 347 g/mol. The topological polar surface area (TPSA) is 66.6 Å². The van der Waals surface area contributed by atoms with Gasteiger partial charge in [-0.25, -0.2) is 13.6 Å². The Balaban J connectivity index is 2.17.